The van der Waals surface area contributed by atoms with Gasteiger partial charge in [-0.05, 0) is 19.1 Å². The predicted octanol–water partition coefficient (Wildman–Crippen LogP) is 3.05. The molecule has 0 amide bonds. The number of anilines is 2. The summed E-state index contributed by atoms with van der Waals surface area (Å²) in [5.41, 5.74) is 1.90. The van der Waals surface area contributed by atoms with Crippen LogP contribution in [0.4, 0.5) is 11.8 Å². The van der Waals surface area contributed by atoms with Crippen LogP contribution in [-0.2, 0) is 4.74 Å². The van der Waals surface area contributed by atoms with Crippen molar-refractivity contribution in [2.45, 2.75) is 6.92 Å². The minimum absolute atomic E-state index is 0.0927. The van der Waals surface area contributed by atoms with Gasteiger partial charge in [0.1, 0.15) is 5.82 Å². The van der Waals surface area contributed by atoms with Crippen molar-refractivity contribution < 1.29 is 14.6 Å². The molecule has 1 aliphatic heterocycles. The molecule has 0 unspecified atom stereocenters. The second kappa shape index (κ2) is 10.9. The van der Waals surface area contributed by atoms with Crippen molar-refractivity contribution in [3.8, 4) is 11.1 Å². The third kappa shape index (κ3) is 6.74. The molecule has 0 aliphatic carbocycles. The van der Waals surface area contributed by atoms with Gasteiger partial charge in [0.05, 0.1) is 18.8 Å². The zero-order valence-electron chi connectivity index (χ0n) is 17.3. The number of hydrogen-bond donors (Lipinski definition) is 3. The van der Waals surface area contributed by atoms with Gasteiger partial charge in [-0.25, -0.2) is 9.78 Å². The van der Waals surface area contributed by atoms with E-state index < -0.39 is 5.97 Å². The molecule has 1 aliphatic rings. The highest BCUT2D eigenvalue weighted by atomic mass is 35.5. The molecule has 10 heteroatoms. The fourth-order valence-corrected chi connectivity index (χ4v) is 3.20. The maximum absolute atomic E-state index is 11.3. The number of allylic oxidation sites excluding steroid dienone is 2. The lowest BCUT2D eigenvalue weighted by Crippen LogP contribution is -2.39. The van der Waals surface area contributed by atoms with Gasteiger partial charge in [-0.2, -0.15) is 4.98 Å². The normalized spacial score (nSPS) is 14.8. The summed E-state index contributed by atoms with van der Waals surface area (Å²) in [7, 11) is 0. The molecule has 0 saturated carbocycles. The molecule has 2 aromatic rings. The Morgan fingerprint density at radius 1 is 1.35 bits per heavy atom. The first-order valence-corrected chi connectivity index (χ1v) is 10.2. The van der Waals surface area contributed by atoms with Crippen molar-refractivity contribution in [3.63, 3.8) is 0 Å². The molecule has 164 valence electrons. The second-order valence-corrected chi connectivity index (χ2v) is 7.58. The lowest BCUT2D eigenvalue weighted by atomic mass is 10.1. The Morgan fingerprint density at radius 2 is 2.13 bits per heavy atom. The number of ether oxygens (including phenoxy) is 1. The van der Waals surface area contributed by atoms with Gasteiger partial charge in [-0.1, -0.05) is 18.2 Å². The Morgan fingerprint density at radius 3 is 2.84 bits per heavy atom. The number of morpholine rings is 1. The number of aromatic nitrogens is 3. The quantitative estimate of drug-likeness (QED) is 0.502. The molecular weight excluding hydrogens is 420 g/mol. The minimum atomic E-state index is -1.05. The van der Waals surface area contributed by atoms with E-state index in [1.54, 1.807) is 31.5 Å². The number of hydrogen-bond acceptors (Lipinski definition) is 8. The van der Waals surface area contributed by atoms with Crippen molar-refractivity contribution in [1.82, 2.24) is 19.9 Å². The van der Waals surface area contributed by atoms with E-state index in [0.717, 1.165) is 32.8 Å². The van der Waals surface area contributed by atoms with Crippen LogP contribution in [-0.4, -0.2) is 70.3 Å². The van der Waals surface area contributed by atoms with Crippen molar-refractivity contribution in [2.75, 3.05) is 50.0 Å². The monoisotopic (exact) mass is 444 g/mol. The smallest absolute Gasteiger partial charge is 0.337 e. The van der Waals surface area contributed by atoms with Crippen molar-refractivity contribution in [3.05, 3.63) is 53.6 Å². The van der Waals surface area contributed by atoms with Gasteiger partial charge in [0.15, 0.2) is 0 Å². The van der Waals surface area contributed by atoms with E-state index in [1.807, 2.05) is 0 Å². The van der Waals surface area contributed by atoms with Crippen LogP contribution in [0.3, 0.4) is 0 Å². The van der Waals surface area contributed by atoms with Crippen LogP contribution < -0.4 is 10.6 Å². The summed E-state index contributed by atoms with van der Waals surface area (Å²) >= 11 is 5.90. The summed E-state index contributed by atoms with van der Waals surface area (Å²) in [6.45, 7) is 10.4. The van der Waals surface area contributed by atoms with Crippen molar-refractivity contribution >= 4 is 29.3 Å². The molecule has 3 heterocycles. The zero-order chi connectivity index (χ0) is 22.2. The number of rotatable bonds is 9. The van der Waals surface area contributed by atoms with Gasteiger partial charge in [-0.15, -0.1) is 0 Å². The average molecular weight is 445 g/mol. The Labute approximate surface area is 185 Å². The molecule has 0 aromatic carbocycles. The Balaban J connectivity index is 1.83. The molecule has 1 saturated heterocycles. The van der Waals surface area contributed by atoms with E-state index in [9.17, 15) is 9.90 Å². The maximum atomic E-state index is 11.3. The topological polar surface area (TPSA) is 112 Å². The Bertz CT molecular complexity index is 971. The fourth-order valence-electron chi connectivity index (χ4n) is 3.07. The van der Waals surface area contributed by atoms with Crippen molar-refractivity contribution in [1.29, 1.82) is 0 Å². The van der Waals surface area contributed by atoms with Crippen LogP contribution in [0.25, 0.3) is 11.1 Å². The number of nitrogens with zero attached hydrogens (tertiary/aromatic N) is 4. The number of carbonyl (C=O) groups is 1. The molecule has 1 fully saturated rings. The van der Waals surface area contributed by atoms with Crippen molar-refractivity contribution in [2.24, 2.45) is 0 Å². The van der Waals surface area contributed by atoms with E-state index in [1.165, 1.54) is 6.20 Å². The highest BCUT2D eigenvalue weighted by Crippen LogP contribution is 2.27. The molecule has 3 rings (SSSR count). The Kier molecular flexibility index (Phi) is 7.94. The molecule has 0 spiro atoms. The summed E-state index contributed by atoms with van der Waals surface area (Å²) in [4.78, 5) is 26.6. The fraction of sp³-hybridized carbons (Fsp3) is 0.333. The lowest BCUT2D eigenvalue weighted by Gasteiger charge is -2.26. The molecule has 0 radical (unpaired) electrons. The summed E-state index contributed by atoms with van der Waals surface area (Å²) in [5.74, 6) is -0.136. The third-order valence-electron chi connectivity index (χ3n) is 4.55. The van der Waals surface area contributed by atoms with Crippen LogP contribution in [0.2, 0.25) is 0 Å². The molecule has 9 nitrogen and oxygen atoms in total. The summed E-state index contributed by atoms with van der Waals surface area (Å²) in [6.07, 6.45) is 6.19. The van der Waals surface area contributed by atoms with Gasteiger partial charge >= 0.3 is 5.97 Å². The van der Waals surface area contributed by atoms with E-state index in [2.05, 4.69) is 37.1 Å². The van der Waals surface area contributed by atoms with Gasteiger partial charge in [0, 0.05) is 66.6 Å². The molecule has 3 N–H and O–H groups in total. The van der Waals surface area contributed by atoms with Crippen LogP contribution in [0, 0.1) is 0 Å². The average Bonchev–Trinajstić information content (AvgIpc) is 2.74. The Hall–Kier alpha value is -3.01. The van der Waals surface area contributed by atoms with Crippen LogP contribution in [0.5, 0.6) is 0 Å². The number of carboxylic acid groups (broad SMARTS) is 1. The van der Waals surface area contributed by atoms with Gasteiger partial charge in [-0.3, -0.25) is 9.88 Å². The lowest BCUT2D eigenvalue weighted by molar-refractivity contribution is 0.0398. The first-order chi connectivity index (χ1) is 14.9. The number of nitrogens with one attached hydrogen (secondary N) is 2. The molecule has 31 heavy (non-hydrogen) atoms. The van der Waals surface area contributed by atoms with E-state index in [0.29, 0.717) is 40.2 Å². The SMILES string of the molecule is C=C(/C=C(\C)Cl)Nc1ncc(-c2cncc(C(=O)O)c2)c(NCCN2CCOCC2)n1. The predicted molar refractivity (Wildman–Crippen MR) is 120 cm³/mol. The maximum Gasteiger partial charge on any atom is 0.337 e. The van der Waals surface area contributed by atoms with Crippen LogP contribution >= 0.6 is 11.6 Å². The highest BCUT2D eigenvalue weighted by molar-refractivity contribution is 6.29. The number of halogens is 1. The standard InChI is InChI=1S/C21H25ClN6O3/c1-14(22)9-15(2)26-21-25-13-18(16-10-17(20(29)30)12-23-11-16)19(27-21)24-3-4-28-5-7-31-8-6-28/h9-13H,2-8H2,1H3,(H,29,30)(H2,24,25,26,27)/b14-9+. The second-order valence-electron chi connectivity index (χ2n) is 6.99. The summed E-state index contributed by atoms with van der Waals surface area (Å²) in [5, 5.41) is 16.2. The number of carboxylic acids is 1. The number of aromatic carboxylic acids is 1. The third-order valence-corrected chi connectivity index (χ3v) is 4.66. The molecule has 0 bridgehead atoms. The molecule has 2 aromatic heterocycles. The number of pyridine rings is 1. The highest BCUT2D eigenvalue weighted by Gasteiger charge is 2.14. The summed E-state index contributed by atoms with van der Waals surface area (Å²) in [6, 6.07) is 1.55. The van der Waals surface area contributed by atoms with E-state index >= 15 is 0 Å². The zero-order valence-corrected chi connectivity index (χ0v) is 18.0. The van der Waals surface area contributed by atoms with Gasteiger partial charge < -0.3 is 20.5 Å². The first kappa shape index (κ1) is 22.7. The van der Waals surface area contributed by atoms with Crippen LogP contribution in [0.1, 0.15) is 17.3 Å². The van der Waals surface area contributed by atoms with E-state index in [-0.39, 0.29) is 5.56 Å². The largest absolute Gasteiger partial charge is 0.478 e. The minimum Gasteiger partial charge on any atom is -0.478 e. The van der Waals surface area contributed by atoms with Crippen LogP contribution in [0.15, 0.2) is 48.0 Å². The van der Waals surface area contributed by atoms with Gasteiger partial charge in [0.2, 0.25) is 5.95 Å². The molecular formula is C21H25ClN6O3. The first-order valence-electron chi connectivity index (χ1n) is 9.82. The van der Waals surface area contributed by atoms with E-state index in [4.69, 9.17) is 16.3 Å². The molecule has 0 atom stereocenters. The summed E-state index contributed by atoms with van der Waals surface area (Å²) < 4.78 is 5.38. The van der Waals surface area contributed by atoms with Gasteiger partial charge in [0.25, 0.3) is 0 Å².